The molecule has 0 atom stereocenters. The first kappa shape index (κ1) is 19.0. The SMILES string of the molecule is COc1ccc(C)cc1NC(=O)c1nc(C(=O)NC2CCCC2)c2ccccn12. The topological polar surface area (TPSA) is 84.7 Å². The Morgan fingerprint density at radius 3 is 2.69 bits per heavy atom. The van der Waals surface area contributed by atoms with Crippen molar-refractivity contribution < 1.29 is 14.3 Å². The Morgan fingerprint density at radius 2 is 1.93 bits per heavy atom. The van der Waals surface area contributed by atoms with Crippen LogP contribution in [0.3, 0.4) is 0 Å². The van der Waals surface area contributed by atoms with Gasteiger partial charge in [-0.05, 0) is 49.6 Å². The van der Waals surface area contributed by atoms with Crippen LogP contribution in [0.1, 0.15) is 52.4 Å². The van der Waals surface area contributed by atoms with Crippen LogP contribution in [0.4, 0.5) is 5.69 Å². The van der Waals surface area contributed by atoms with Crippen LogP contribution in [0, 0.1) is 6.92 Å². The summed E-state index contributed by atoms with van der Waals surface area (Å²) in [6.07, 6.45) is 5.95. The van der Waals surface area contributed by atoms with E-state index in [4.69, 9.17) is 4.74 Å². The number of imidazole rings is 1. The highest BCUT2D eigenvalue weighted by molar-refractivity contribution is 6.06. The fraction of sp³-hybridized carbons (Fsp3) is 0.318. The molecular formula is C22H24N4O3. The predicted molar refractivity (Wildman–Crippen MR) is 111 cm³/mol. The largest absolute Gasteiger partial charge is 0.495 e. The number of methoxy groups -OCH3 is 1. The van der Waals surface area contributed by atoms with Gasteiger partial charge in [-0.3, -0.25) is 14.0 Å². The van der Waals surface area contributed by atoms with Gasteiger partial charge in [-0.25, -0.2) is 4.98 Å². The smallest absolute Gasteiger partial charge is 0.292 e. The molecule has 4 rings (SSSR count). The van der Waals surface area contributed by atoms with E-state index >= 15 is 0 Å². The molecule has 0 spiro atoms. The standard InChI is InChI=1S/C22H24N4O3/c1-14-10-11-18(29-2)16(13-14)24-22(28)20-25-19(17-9-5-6-12-26(17)20)21(27)23-15-7-3-4-8-15/h5-6,9-13,15H,3-4,7-8H2,1-2H3,(H,23,27)(H,24,28). The van der Waals surface area contributed by atoms with Crippen molar-refractivity contribution >= 4 is 23.0 Å². The number of nitrogens with one attached hydrogen (secondary N) is 2. The van der Waals surface area contributed by atoms with Gasteiger partial charge in [0.1, 0.15) is 5.75 Å². The lowest BCUT2D eigenvalue weighted by atomic mass is 10.2. The molecule has 0 saturated heterocycles. The van der Waals surface area contributed by atoms with Crippen molar-refractivity contribution in [2.45, 2.75) is 38.6 Å². The fourth-order valence-electron chi connectivity index (χ4n) is 3.79. The van der Waals surface area contributed by atoms with Crippen molar-refractivity contribution in [3.05, 3.63) is 59.7 Å². The maximum absolute atomic E-state index is 13.0. The minimum absolute atomic E-state index is 0.153. The Kier molecular flexibility index (Phi) is 5.20. The summed E-state index contributed by atoms with van der Waals surface area (Å²) >= 11 is 0. The average molecular weight is 392 g/mol. The molecule has 1 fully saturated rings. The van der Waals surface area contributed by atoms with Crippen molar-refractivity contribution in [3.63, 3.8) is 0 Å². The van der Waals surface area contributed by atoms with Gasteiger partial charge in [-0.1, -0.05) is 25.0 Å². The molecule has 0 aliphatic heterocycles. The van der Waals surface area contributed by atoms with Crippen LogP contribution in [0.25, 0.3) is 5.52 Å². The molecule has 7 heteroatoms. The highest BCUT2D eigenvalue weighted by Gasteiger charge is 2.25. The first-order chi connectivity index (χ1) is 14.1. The van der Waals surface area contributed by atoms with Crippen LogP contribution in [0.5, 0.6) is 5.75 Å². The number of hydrogen-bond acceptors (Lipinski definition) is 4. The molecule has 0 bridgehead atoms. The summed E-state index contributed by atoms with van der Waals surface area (Å²) in [4.78, 5) is 30.2. The van der Waals surface area contributed by atoms with Gasteiger partial charge < -0.3 is 15.4 Å². The number of amides is 2. The second-order valence-corrected chi connectivity index (χ2v) is 7.35. The Balaban J connectivity index is 1.66. The molecule has 2 N–H and O–H groups in total. The van der Waals surface area contributed by atoms with Gasteiger partial charge in [0.2, 0.25) is 5.82 Å². The van der Waals surface area contributed by atoms with Crippen LogP contribution in [-0.4, -0.2) is 34.4 Å². The van der Waals surface area contributed by atoms with E-state index in [1.165, 1.54) is 0 Å². The first-order valence-electron chi connectivity index (χ1n) is 9.81. The van der Waals surface area contributed by atoms with Crippen LogP contribution in [0.2, 0.25) is 0 Å². The van der Waals surface area contributed by atoms with E-state index < -0.39 is 5.91 Å². The van der Waals surface area contributed by atoms with E-state index in [1.54, 1.807) is 35.9 Å². The normalized spacial score (nSPS) is 14.1. The third-order valence-electron chi connectivity index (χ3n) is 5.26. The van der Waals surface area contributed by atoms with E-state index in [0.29, 0.717) is 17.0 Å². The maximum atomic E-state index is 13.0. The molecule has 1 saturated carbocycles. The number of carbonyl (C=O) groups is 2. The van der Waals surface area contributed by atoms with Crippen molar-refractivity contribution in [3.8, 4) is 5.75 Å². The van der Waals surface area contributed by atoms with E-state index in [2.05, 4.69) is 15.6 Å². The zero-order valence-electron chi connectivity index (χ0n) is 16.6. The summed E-state index contributed by atoms with van der Waals surface area (Å²) in [6.45, 7) is 1.94. The molecule has 1 aromatic carbocycles. The summed E-state index contributed by atoms with van der Waals surface area (Å²) in [6, 6.07) is 11.1. The molecule has 1 aliphatic carbocycles. The van der Waals surface area contributed by atoms with Gasteiger partial charge >= 0.3 is 0 Å². The summed E-state index contributed by atoms with van der Waals surface area (Å²) < 4.78 is 6.98. The Hall–Kier alpha value is -3.35. The van der Waals surface area contributed by atoms with Gasteiger partial charge in [-0.2, -0.15) is 0 Å². The van der Waals surface area contributed by atoms with Crippen LogP contribution < -0.4 is 15.4 Å². The Bertz CT molecular complexity index is 1070. The molecule has 2 heterocycles. The zero-order valence-corrected chi connectivity index (χ0v) is 16.6. The van der Waals surface area contributed by atoms with Crippen molar-refractivity contribution in [2.24, 2.45) is 0 Å². The predicted octanol–water partition coefficient (Wildman–Crippen LogP) is 3.58. The first-order valence-corrected chi connectivity index (χ1v) is 9.81. The van der Waals surface area contributed by atoms with E-state index in [9.17, 15) is 9.59 Å². The van der Waals surface area contributed by atoms with Gasteiger partial charge in [0.15, 0.2) is 5.69 Å². The molecule has 3 aromatic rings. The summed E-state index contributed by atoms with van der Waals surface area (Å²) in [7, 11) is 1.55. The number of hydrogen-bond donors (Lipinski definition) is 2. The maximum Gasteiger partial charge on any atom is 0.292 e. The second kappa shape index (κ2) is 7.95. The minimum Gasteiger partial charge on any atom is -0.495 e. The quantitative estimate of drug-likeness (QED) is 0.695. The monoisotopic (exact) mass is 392 g/mol. The van der Waals surface area contributed by atoms with Crippen molar-refractivity contribution in [1.82, 2.24) is 14.7 Å². The number of rotatable bonds is 5. The third kappa shape index (κ3) is 3.81. The van der Waals surface area contributed by atoms with Gasteiger partial charge in [0.05, 0.1) is 18.3 Å². The molecule has 29 heavy (non-hydrogen) atoms. The summed E-state index contributed by atoms with van der Waals surface area (Å²) in [5, 5.41) is 5.91. The number of pyridine rings is 1. The summed E-state index contributed by atoms with van der Waals surface area (Å²) in [5.74, 6) is 0.0625. The number of ether oxygens (including phenoxy) is 1. The highest BCUT2D eigenvalue weighted by atomic mass is 16.5. The molecule has 0 radical (unpaired) electrons. The Labute approximate surface area is 169 Å². The van der Waals surface area contributed by atoms with Gasteiger partial charge in [-0.15, -0.1) is 0 Å². The Morgan fingerprint density at radius 1 is 1.14 bits per heavy atom. The lowest BCUT2D eigenvalue weighted by Gasteiger charge is -2.10. The summed E-state index contributed by atoms with van der Waals surface area (Å²) in [5.41, 5.74) is 2.41. The molecule has 150 valence electrons. The fourth-order valence-corrected chi connectivity index (χ4v) is 3.79. The average Bonchev–Trinajstić information content (AvgIpc) is 3.36. The van der Waals surface area contributed by atoms with Crippen molar-refractivity contribution in [2.75, 3.05) is 12.4 Å². The van der Waals surface area contributed by atoms with Crippen LogP contribution in [-0.2, 0) is 0 Å². The molecular weight excluding hydrogens is 368 g/mol. The number of aromatic nitrogens is 2. The van der Waals surface area contributed by atoms with Crippen LogP contribution in [0.15, 0.2) is 42.6 Å². The van der Waals surface area contributed by atoms with Gasteiger partial charge in [0, 0.05) is 12.2 Å². The third-order valence-corrected chi connectivity index (χ3v) is 5.26. The van der Waals surface area contributed by atoms with E-state index in [1.807, 2.05) is 25.1 Å². The molecule has 0 unspecified atom stereocenters. The molecule has 2 aromatic heterocycles. The number of carbonyl (C=O) groups excluding carboxylic acids is 2. The highest BCUT2D eigenvalue weighted by Crippen LogP contribution is 2.26. The number of benzene rings is 1. The number of nitrogens with zero attached hydrogens (tertiary/aromatic N) is 2. The van der Waals surface area contributed by atoms with Gasteiger partial charge in [0.25, 0.3) is 11.8 Å². The van der Waals surface area contributed by atoms with E-state index in [-0.39, 0.29) is 23.5 Å². The number of aryl methyl sites for hydroxylation is 1. The number of anilines is 1. The minimum atomic E-state index is -0.407. The van der Waals surface area contributed by atoms with Crippen molar-refractivity contribution in [1.29, 1.82) is 0 Å². The lowest BCUT2D eigenvalue weighted by Crippen LogP contribution is -2.33. The van der Waals surface area contributed by atoms with Crippen LogP contribution >= 0.6 is 0 Å². The second-order valence-electron chi connectivity index (χ2n) is 7.35. The zero-order chi connectivity index (χ0) is 20.4. The lowest BCUT2D eigenvalue weighted by molar-refractivity contribution is 0.0935. The molecule has 7 nitrogen and oxygen atoms in total. The number of fused-ring (bicyclic) bond motifs is 1. The molecule has 1 aliphatic rings. The molecule has 2 amide bonds. The van der Waals surface area contributed by atoms with E-state index in [0.717, 1.165) is 31.2 Å².